The molecule has 2 aromatic carbocycles. The van der Waals surface area contributed by atoms with Gasteiger partial charge in [0.2, 0.25) is 5.91 Å². The van der Waals surface area contributed by atoms with Crippen molar-refractivity contribution in [3.05, 3.63) is 71.8 Å². The summed E-state index contributed by atoms with van der Waals surface area (Å²) < 4.78 is 0. The molecule has 27 heavy (non-hydrogen) atoms. The fraction of sp³-hybridized carbons (Fsp3) is 0.435. The van der Waals surface area contributed by atoms with Crippen LogP contribution in [0.25, 0.3) is 0 Å². The van der Waals surface area contributed by atoms with Crippen LogP contribution in [0.15, 0.2) is 60.7 Å². The minimum atomic E-state index is -1.35. The Hall–Kier alpha value is -2.17. The second kappa shape index (κ2) is 9.16. The summed E-state index contributed by atoms with van der Waals surface area (Å²) in [4.78, 5) is 12.7. The second-order valence-corrected chi connectivity index (χ2v) is 7.96. The largest absolute Gasteiger partial charge is 0.378 e. The Morgan fingerprint density at radius 1 is 0.963 bits per heavy atom. The fourth-order valence-corrected chi connectivity index (χ4v) is 3.33. The minimum absolute atomic E-state index is 0.0197. The SMILES string of the molecule is CC(C)C[C@H](NC(=O)[C@@H](N)C(C)C)C(O)(c1ccccc1)c1ccccc1. The summed E-state index contributed by atoms with van der Waals surface area (Å²) >= 11 is 0. The molecule has 0 radical (unpaired) electrons. The summed E-state index contributed by atoms with van der Waals surface area (Å²) in [5, 5.41) is 15.0. The molecule has 0 fully saturated rings. The average Bonchev–Trinajstić information content (AvgIpc) is 2.67. The number of nitrogens with two attached hydrogens (primary N) is 1. The van der Waals surface area contributed by atoms with Crippen LogP contribution in [0.4, 0.5) is 0 Å². The molecule has 0 saturated heterocycles. The number of nitrogens with one attached hydrogen (secondary N) is 1. The molecule has 0 bridgehead atoms. The average molecular weight is 369 g/mol. The standard InChI is InChI=1S/C23H32N2O2/c1-16(2)15-20(25-22(26)21(24)17(3)4)23(27,18-11-7-5-8-12-18)19-13-9-6-10-14-19/h5-14,16-17,20-21,27H,15,24H2,1-4H3,(H,25,26)/t20-,21-/m0/s1. The van der Waals surface area contributed by atoms with E-state index in [9.17, 15) is 9.90 Å². The summed E-state index contributed by atoms with van der Waals surface area (Å²) in [6.45, 7) is 8.00. The smallest absolute Gasteiger partial charge is 0.237 e. The second-order valence-electron chi connectivity index (χ2n) is 7.96. The van der Waals surface area contributed by atoms with Crippen LogP contribution in [0.2, 0.25) is 0 Å². The zero-order valence-electron chi connectivity index (χ0n) is 16.7. The van der Waals surface area contributed by atoms with Crippen molar-refractivity contribution in [2.45, 2.75) is 51.8 Å². The van der Waals surface area contributed by atoms with E-state index in [0.29, 0.717) is 6.42 Å². The van der Waals surface area contributed by atoms with Crippen molar-refractivity contribution in [3.8, 4) is 0 Å². The molecule has 1 amide bonds. The molecular formula is C23H32N2O2. The number of amides is 1. The van der Waals surface area contributed by atoms with Crippen LogP contribution in [-0.2, 0) is 10.4 Å². The molecular weight excluding hydrogens is 336 g/mol. The van der Waals surface area contributed by atoms with Crippen LogP contribution in [0.5, 0.6) is 0 Å². The lowest BCUT2D eigenvalue weighted by atomic mass is 9.77. The summed E-state index contributed by atoms with van der Waals surface area (Å²) in [6, 6.07) is 17.9. The van der Waals surface area contributed by atoms with Gasteiger partial charge in [-0.15, -0.1) is 0 Å². The third-order valence-electron chi connectivity index (χ3n) is 4.98. The molecule has 0 aliphatic carbocycles. The lowest BCUT2D eigenvalue weighted by molar-refractivity contribution is -0.126. The number of carbonyl (C=O) groups is 1. The van der Waals surface area contributed by atoms with Crippen molar-refractivity contribution >= 4 is 5.91 Å². The maximum absolute atomic E-state index is 12.7. The van der Waals surface area contributed by atoms with Gasteiger partial charge in [-0.2, -0.15) is 0 Å². The van der Waals surface area contributed by atoms with E-state index in [4.69, 9.17) is 5.73 Å². The van der Waals surface area contributed by atoms with Crippen molar-refractivity contribution in [1.29, 1.82) is 0 Å². The van der Waals surface area contributed by atoms with Crippen LogP contribution < -0.4 is 11.1 Å². The summed E-state index contributed by atoms with van der Waals surface area (Å²) in [5.74, 6) is 0.0664. The summed E-state index contributed by atoms with van der Waals surface area (Å²) in [7, 11) is 0. The van der Waals surface area contributed by atoms with E-state index in [-0.39, 0.29) is 17.7 Å². The Balaban J connectivity index is 2.52. The van der Waals surface area contributed by atoms with Gasteiger partial charge in [-0.1, -0.05) is 88.4 Å². The lowest BCUT2D eigenvalue weighted by Crippen LogP contribution is -2.56. The third kappa shape index (κ3) is 4.96. The Morgan fingerprint density at radius 3 is 1.78 bits per heavy atom. The monoisotopic (exact) mass is 368 g/mol. The highest BCUT2D eigenvalue weighted by molar-refractivity contribution is 5.82. The van der Waals surface area contributed by atoms with Gasteiger partial charge in [-0.3, -0.25) is 4.79 Å². The van der Waals surface area contributed by atoms with Gasteiger partial charge < -0.3 is 16.2 Å². The predicted molar refractivity (Wildman–Crippen MR) is 110 cm³/mol. The molecule has 0 unspecified atom stereocenters. The van der Waals surface area contributed by atoms with Gasteiger partial charge in [-0.25, -0.2) is 0 Å². The first-order valence-corrected chi connectivity index (χ1v) is 9.66. The van der Waals surface area contributed by atoms with Crippen molar-refractivity contribution in [2.75, 3.05) is 0 Å². The molecule has 2 rings (SSSR count). The molecule has 4 heteroatoms. The van der Waals surface area contributed by atoms with Gasteiger partial charge in [-0.05, 0) is 29.4 Å². The Morgan fingerprint density at radius 2 is 1.41 bits per heavy atom. The van der Waals surface area contributed by atoms with E-state index >= 15 is 0 Å². The fourth-order valence-electron chi connectivity index (χ4n) is 3.33. The molecule has 0 saturated carbocycles. The Labute approximate surface area is 162 Å². The van der Waals surface area contributed by atoms with Gasteiger partial charge >= 0.3 is 0 Å². The molecule has 4 N–H and O–H groups in total. The molecule has 0 heterocycles. The van der Waals surface area contributed by atoms with Gasteiger partial charge in [0.05, 0.1) is 12.1 Å². The van der Waals surface area contributed by atoms with Crippen molar-refractivity contribution in [1.82, 2.24) is 5.32 Å². The van der Waals surface area contributed by atoms with Crippen LogP contribution in [-0.4, -0.2) is 23.1 Å². The summed E-state index contributed by atoms with van der Waals surface area (Å²) in [5.41, 5.74) is 6.22. The van der Waals surface area contributed by atoms with E-state index in [2.05, 4.69) is 19.2 Å². The van der Waals surface area contributed by atoms with Crippen LogP contribution >= 0.6 is 0 Å². The van der Waals surface area contributed by atoms with E-state index in [1.807, 2.05) is 74.5 Å². The highest BCUT2D eigenvalue weighted by Gasteiger charge is 2.41. The Bertz CT molecular complexity index is 674. The normalized spacial score (nSPS) is 14.2. The molecule has 0 aromatic heterocycles. The zero-order valence-corrected chi connectivity index (χ0v) is 16.7. The van der Waals surface area contributed by atoms with Crippen molar-refractivity contribution < 1.29 is 9.90 Å². The first kappa shape index (κ1) is 21.1. The number of carbonyl (C=O) groups excluding carboxylic acids is 1. The molecule has 0 spiro atoms. The van der Waals surface area contributed by atoms with Gasteiger partial charge in [0.25, 0.3) is 0 Å². The third-order valence-corrected chi connectivity index (χ3v) is 4.98. The maximum atomic E-state index is 12.7. The predicted octanol–water partition coefficient (Wildman–Crippen LogP) is 3.44. The molecule has 2 atom stereocenters. The number of aliphatic hydroxyl groups is 1. The van der Waals surface area contributed by atoms with Gasteiger partial charge in [0, 0.05) is 0 Å². The van der Waals surface area contributed by atoms with E-state index in [1.54, 1.807) is 0 Å². The summed E-state index contributed by atoms with van der Waals surface area (Å²) in [6.07, 6.45) is 0.622. The number of benzene rings is 2. The molecule has 2 aromatic rings. The molecule has 0 aliphatic heterocycles. The number of rotatable bonds is 8. The van der Waals surface area contributed by atoms with E-state index < -0.39 is 17.7 Å². The van der Waals surface area contributed by atoms with Crippen molar-refractivity contribution in [3.63, 3.8) is 0 Å². The highest BCUT2D eigenvalue weighted by atomic mass is 16.3. The zero-order chi connectivity index (χ0) is 20.0. The first-order valence-electron chi connectivity index (χ1n) is 9.66. The van der Waals surface area contributed by atoms with Crippen LogP contribution in [0, 0.1) is 11.8 Å². The minimum Gasteiger partial charge on any atom is -0.378 e. The van der Waals surface area contributed by atoms with E-state index in [1.165, 1.54) is 0 Å². The quantitative estimate of drug-likeness (QED) is 0.668. The van der Waals surface area contributed by atoms with Gasteiger partial charge in [0.15, 0.2) is 0 Å². The van der Waals surface area contributed by atoms with E-state index in [0.717, 1.165) is 11.1 Å². The lowest BCUT2D eigenvalue weighted by Gasteiger charge is -2.39. The molecule has 0 aliphatic rings. The van der Waals surface area contributed by atoms with Crippen LogP contribution in [0.1, 0.15) is 45.2 Å². The van der Waals surface area contributed by atoms with Crippen LogP contribution in [0.3, 0.4) is 0 Å². The van der Waals surface area contributed by atoms with Gasteiger partial charge in [0.1, 0.15) is 5.60 Å². The van der Waals surface area contributed by atoms with Crippen molar-refractivity contribution in [2.24, 2.45) is 17.6 Å². The Kier molecular flexibility index (Phi) is 7.17. The molecule has 4 nitrogen and oxygen atoms in total. The molecule has 146 valence electrons. The topological polar surface area (TPSA) is 75.4 Å². The first-order chi connectivity index (χ1) is 12.8. The number of hydrogen-bond donors (Lipinski definition) is 3. The highest BCUT2D eigenvalue weighted by Crippen LogP contribution is 2.35. The number of hydrogen-bond acceptors (Lipinski definition) is 3. The maximum Gasteiger partial charge on any atom is 0.237 e.